The highest BCUT2D eigenvalue weighted by Crippen LogP contribution is 2.30. The molecule has 0 amide bonds. The lowest BCUT2D eigenvalue weighted by Crippen LogP contribution is -2.07. The fourth-order valence-corrected chi connectivity index (χ4v) is 3.33. The minimum absolute atomic E-state index is 0.113. The van der Waals surface area contributed by atoms with Crippen molar-refractivity contribution in [2.75, 3.05) is 24.7 Å². The molecule has 1 unspecified atom stereocenters. The molecule has 0 N–H and O–H groups in total. The van der Waals surface area contributed by atoms with Crippen molar-refractivity contribution in [3.05, 3.63) is 35.9 Å². The van der Waals surface area contributed by atoms with E-state index in [4.69, 9.17) is 0 Å². The first kappa shape index (κ1) is 13.8. The van der Waals surface area contributed by atoms with Crippen LogP contribution < -0.4 is 4.90 Å². The van der Waals surface area contributed by atoms with E-state index in [-0.39, 0.29) is 5.92 Å². The summed E-state index contributed by atoms with van der Waals surface area (Å²) in [5.41, 5.74) is 1.05. The van der Waals surface area contributed by atoms with E-state index in [0.717, 1.165) is 15.0 Å². The van der Waals surface area contributed by atoms with Gasteiger partial charge in [0.15, 0.2) is 4.34 Å². The van der Waals surface area contributed by atoms with Crippen LogP contribution in [0.5, 0.6) is 0 Å². The predicted octanol–water partition coefficient (Wildman–Crippen LogP) is 3.00. The second-order valence-corrected chi connectivity index (χ2v) is 6.37. The van der Waals surface area contributed by atoms with Gasteiger partial charge in [0.05, 0.1) is 12.0 Å². The first-order chi connectivity index (χ1) is 9.20. The molecule has 1 heterocycles. The molecule has 2 aromatic rings. The summed E-state index contributed by atoms with van der Waals surface area (Å²) < 4.78 is 0.903. The van der Waals surface area contributed by atoms with E-state index in [1.807, 2.05) is 49.3 Å². The molecule has 0 bridgehead atoms. The van der Waals surface area contributed by atoms with E-state index in [1.54, 1.807) is 23.1 Å². The van der Waals surface area contributed by atoms with Crippen molar-refractivity contribution in [1.82, 2.24) is 10.2 Å². The van der Waals surface area contributed by atoms with Gasteiger partial charge < -0.3 is 4.90 Å². The van der Waals surface area contributed by atoms with Crippen LogP contribution in [0, 0.1) is 11.3 Å². The zero-order valence-electron chi connectivity index (χ0n) is 10.8. The van der Waals surface area contributed by atoms with Gasteiger partial charge in [0.2, 0.25) is 5.13 Å². The molecule has 0 aliphatic heterocycles. The molecule has 1 atom stereocenters. The molecule has 0 saturated carbocycles. The van der Waals surface area contributed by atoms with Crippen LogP contribution in [0.15, 0.2) is 34.7 Å². The molecule has 0 fully saturated rings. The minimum Gasteiger partial charge on any atom is -0.353 e. The highest BCUT2D eigenvalue weighted by atomic mass is 32.2. The third-order valence-electron chi connectivity index (χ3n) is 2.51. The van der Waals surface area contributed by atoms with Gasteiger partial charge in [0, 0.05) is 19.8 Å². The number of nitriles is 1. The van der Waals surface area contributed by atoms with Gasteiger partial charge in [-0.1, -0.05) is 53.4 Å². The Hall–Kier alpha value is -1.58. The van der Waals surface area contributed by atoms with Gasteiger partial charge in [0.25, 0.3) is 0 Å². The molecule has 4 nitrogen and oxygen atoms in total. The molecule has 2 rings (SSSR count). The van der Waals surface area contributed by atoms with E-state index in [2.05, 4.69) is 16.3 Å². The quantitative estimate of drug-likeness (QED) is 0.792. The normalized spacial score (nSPS) is 11.8. The average molecular weight is 290 g/mol. The molecule has 1 aromatic heterocycles. The summed E-state index contributed by atoms with van der Waals surface area (Å²) in [5, 5.41) is 18.3. The first-order valence-electron chi connectivity index (χ1n) is 5.79. The van der Waals surface area contributed by atoms with Gasteiger partial charge in [-0.25, -0.2) is 0 Å². The van der Waals surface area contributed by atoms with Crippen molar-refractivity contribution in [3.8, 4) is 6.07 Å². The van der Waals surface area contributed by atoms with Crippen LogP contribution >= 0.6 is 23.1 Å². The number of anilines is 1. The first-order valence-corrected chi connectivity index (χ1v) is 7.59. The van der Waals surface area contributed by atoms with Crippen molar-refractivity contribution in [2.45, 2.75) is 10.3 Å². The largest absolute Gasteiger partial charge is 0.353 e. The Kier molecular flexibility index (Phi) is 4.77. The van der Waals surface area contributed by atoms with Crippen LogP contribution in [-0.4, -0.2) is 30.0 Å². The van der Waals surface area contributed by atoms with E-state index in [1.165, 1.54) is 0 Å². The third kappa shape index (κ3) is 3.69. The van der Waals surface area contributed by atoms with Gasteiger partial charge in [-0.15, -0.1) is 10.2 Å². The maximum atomic E-state index is 9.25. The summed E-state index contributed by atoms with van der Waals surface area (Å²) in [5.74, 6) is 0.584. The van der Waals surface area contributed by atoms with E-state index >= 15 is 0 Å². The second kappa shape index (κ2) is 6.55. The number of thioether (sulfide) groups is 1. The van der Waals surface area contributed by atoms with Crippen molar-refractivity contribution >= 4 is 28.2 Å². The highest BCUT2D eigenvalue weighted by molar-refractivity contribution is 8.01. The van der Waals surface area contributed by atoms with E-state index in [0.29, 0.717) is 5.75 Å². The lowest BCUT2D eigenvalue weighted by molar-refractivity contribution is 0.963. The van der Waals surface area contributed by atoms with Crippen molar-refractivity contribution in [1.29, 1.82) is 5.26 Å². The van der Waals surface area contributed by atoms with Gasteiger partial charge in [-0.2, -0.15) is 5.26 Å². The summed E-state index contributed by atoms with van der Waals surface area (Å²) in [6.07, 6.45) is 0. The van der Waals surface area contributed by atoms with Gasteiger partial charge >= 0.3 is 0 Å². The van der Waals surface area contributed by atoms with Gasteiger partial charge in [-0.3, -0.25) is 0 Å². The van der Waals surface area contributed by atoms with Crippen LogP contribution in [0.4, 0.5) is 5.13 Å². The van der Waals surface area contributed by atoms with Crippen molar-refractivity contribution < 1.29 is 0 Å². The highest BCUT2D eigenvalue weighted by Gasteiger charge is 2.13. The maximum Gasteiger partial charge on any atom is 0.208 e. The van der Waals surface area contributed by atoms with Gasteiger partial charge in [0.1, 0.15) is 0 Å². The molecule has 98 valence electrons. The van der Waals surface area contributed by atoms with Crippen molar-refractivity contribution in [3.63, 3.8) is 0 Å². The fraction of sp³-hybridized carbons (Fsp3) is 0.308. The fourth-order valence-electron chi connectivity index (χ4n) is 1.49. The SMILES string of the molecule is CN(C)c1nnc(SCC(C#N)c2ccccc2)s1. The Bertz CT molecular complexity index is 560. The number of hydrogen-bond donors (Lipinski definition) is 0. The molecule has 6 heteroatoms. The van der Waals surface area contributed by atoms with Crippen LogP contribution in [-0.2, 0) is 0 Å². The molecular formula is C13H14N4S2. The lowest BCUT2D eigenvalue weighted by atomic mass is 10.0. The predicted molar refractivity (Wildman–Crippen MR) is 79.8 cm³/mol. The van der Waals surface area contributed by atoms with E-state index in [9.17, 15) is 5.26 Å². The zero-order valence-corrected chi connectivity index (χ0v) is 12.4. The molecule has 0 aliphatic carbocycles. The topological polar surface area (TPSA) is 52.8 Å². The Morgan fingerprint density at radius 1 is 1.32 bits per heavy atom. The smallest absolute Gasteiger partial charge is 0.208 e. The number of aromatic nitrogens is 2. The number of benzene rings is 1. The van der Waals surface area contributed by atoms with Crippen LogP contribution in [0.3, 0.4) is 0 Å². The van der Waals surface area contributed by atoms with Crippen molar-refractivity contribution in [2.24, 2.45) is 0 Å². The third-order valence-corrected chi connectivity index (χ3v) is 4.83. The second-order valence-electron chi connectivity index (χ2n) is 4.15. The summed E-state index contributed by atoms with van der Waals surface area (Å²) in [4.78, 5) is 1.93. The minimum atomic E-state index is -0.113. The monoisotopic (exact) mass is 290 g/mol. The van der Waals surface area contributed by atoms with Crippen LogP contribution in [0.2, 0.25) is 0 Å². The number of hydrogen-bond acceptors (Lipinski definition) is 6. The summed E-state index contributed by atoms with van der Waals surface area (Å²) in [7, 11) is 3.88. The molecule has 0 saturated heterocycles. The summed E-state index contributed by atoms with van der Waals surface area (Å²) >= 11 is 3.13. The molecule has 19 heavy (non-hydrogen) atoms. The Labute approximate surface area is 121 Å². The Balaban J connectivity index is 1.99. The number of nitrogens with zero attached hydrogens (tertiary/aromatic N) is 4. The van der Waals surface area contributed by atoms with Gasteiger partial charge in [-0.05, 0) is 5.56 Å². The Morgan fingerprint density at radius 3 is 2.63 bits per heavy atom. The standard InChI is InChI=1S/C13H14N4S2/c1-17(2)12-15-16-13(19-12)18-9-11(8-14)10-6-4-3-5-7-10/h3-7,11H,9H2,1-2H3. The number of rotatable bonds is 5. The Morgan fingerprint density at radius 2 is 2.05 bits per heavy atom. The molecule has 0 radical (unpaired) electrons. The molecule has 1 aromatic carbocycles. The summed E-state index contributed by atoms with van der Waals surface area (Å²) in [6, 6.07) is 12.2. The molecule has 0 aliphatic rings. The lowest BCUT2D eigenvalue weighted by Gasteiger charge is -2.07. The summed E-state index contributed by atoms with van der Waals surface area (Å²) in [6.45, 7) is 0. The molecule has 0 spiro atoms. The average Bonchev–Trinajstić information content (AvgIpc) is 2.90. The zero-order chi connectivity index (χ0) is 13.7. The van der Waals surface area contributed by atoms with E-state index < -0.39 is 0 Å². The van der Waals surface area contributed by atoms with Crippen LogP contribution in [0.25, 0.3) is 0 Å². The molecular weight excluding hydrogens is 276 g/mol. The van der Waals surface area contributed by atoms with Crippen LogP contribution in [0.1, 0.15) is 11.5 Å². The maximum absolute atomic E-state index is 9.25.